The van der Waals surface area contributed by atoms with E-state index in [1.165, 1.54) is 6.92 Å². The molecule has 3 heteroatoms. The van der Waals surface area contributed by atoms with E-state index in [2.05, 4.69) is 0 Å². The maximum absolute atomic E-state index is 11.1. The number of ketones is 1. The number of hydrogen-bond acceptors (Lipinski definition) is 3. The van der Waals surface area contributed by atoms with Crippen molar-refractivity contribution in [3.8, 4) is 6.07 Å². The van der Waals surface area contributed by atoms with Gasteiger partial charge in [-0.05, 0) is 30.7 Å². The van der Waals surface area contributed by atoms with Crippen molar-refractivity contribution < 1.29 is 4.79 Å². The number of nitriles is 1. The summed E-state index contributed by atoms with van der Waals surface area (Å²) >= 11 is 0. The first-order valence-corrected chi connectivity index (χ1v) is 3.93. The SMILES string of the molecule is CC(=O)c1ccc(C#N)cc1CN. The van der Waals surface area contributed by atoms with Crippen LogP contribution in [-0.4, -0.2) is 5.78 Å². The maximum atomic E-state index is 11.1. The number of hydrogen-bond donors (Lipinski definition) is 1. The summed E-state index contributed by atoms with van der Waals surface area (Å²) in [7, 11) is 0. The predicted molar refractivity (Wildman–Crippen MR) is 49.1 cm³/mol. The molecular formula is C10H10N2O. The molecule has 0 heterocycles. The summed E-state index contributed by atoms with van der Waals surface area (Å²) in [4.78, 5) is 11.1. The summed E-state index contributed by atoms with van der Waals surface area (Å²) in [6.07, 6.45) is 0. The minimum Gasteiger partial charge on any atom is -0.326 e. The van der Waals surface area contributed by atoms with Crippen LogP contribution in [0.3, 0.4) is 0 Å². The van der Waals surface area contributed by atoms with Crippen LogP contribution in [0.2, 0.25) is 0 Å². The van der Waals surface area contributed by atoms with Crippen LogP contribution >= 0.6 is 0 Å². The average molecular weight is 174 g/mol. The highest BCUT2D eigenvalue weighted by atomic mass is 16.1. The molecule has 1 aromatic carbocycles. The molecule has 2 N–H and O–H groups in total. The number of nitrogens with zero attached hydrogens (tertiary/aromatic N) is 1. The van der Waals surface area contributed by atoms with Gasteiger partial charge in [-0.2, -0.15) is 5.26 Å². The molecule has 0 fully saturated rings. The van der Waals surface area contributed by atoms with Crippen molar-refractivity contribution in [1.29, 1.82) is 5.26 Å². The molecule has 0 aromatic heterocycles. The van der Waals surface area contributed by atoms with E-state index in [0.29, 0.717) is 11.1 Å². The average Bonchev–Trinajstić information content (AvgIpc) is 2.16. The third-order valence-electron chi connectivity index (χ3n) is 1.83. The van der Waals surface area contributed by atoms with Gasteiger partial charge < -0.3 is 5.73 Å². The Morgan fingerprint density at radius 3 is 2.77 bits per heavy atom. The minimum absolute atomic E-state index is 0.0232. The molecule has 0 unspecified atom stereocenters. The van der Waals surface area contributed by atoms with Crippen molar-refractivity contribution in [1.82, 2.24) is 0 Å². The Morgan fingerprint density at radius 2 is 2.31 bits per heavy atom. The van der Waals surface area contributed by atoms with Gasteiger partial charge in [0.1, 0.15) is 0 Å². The van der Waals surface area contributed by atoms with Crippen molar-refractivity contribution in [3.63, 3.8) is 0 Å². The number of rotatable bonds is 2. The number of benzene rings is 1. The molecule has 0 aliphatic heterocycles. The topological polar surface area (TPSA) is 66.9 Å². The summed E-state index contributed by atoms with van der Waals surface area (Å²) in [6.45, 7) is 1.77. The fraction of sp³-hybridized carbons (Fsp3) is 0.200. The van der Waals surface area contributed by atoms with Crippen molar-refractivity contribution in [2.75, 3.05) is 0 Å². The van der Waals surface area contributed by atoms with Crippen LogP contribution in [0.1, 0.15) is 28.4 Å². The minimum atomic E-state index is -0.0232. The molecular weight excluding hydrogens is 164 g/mol. The molecule has 1 aromatic rings. The highest BCUT2D eigenvalue weighted by molar-refractivity contribution is 5.95. The Labute approximate surface area is 76.8 Å². The Bertz CT molecular complexity index is 377. The maximum Gasteiger partial charge on any atom is 0.160 e. The van der Waals surface area contributed by atoms with Crippen LogP contribution in [0.5, 0.6) is 0 Å². The summed E-state index contributed by atoms with van der Waals surface area (Å²) in [5, 5.41) is 8.61. The molecule has 0 saturated carbocycles. The first-order chi connectivity index (χ1) is 6.19. The van der Waals surface area contributed by atoms with Crippen molar-refractivity contribution in [3.05, 3.63) is 34.9 Å². The standard InChI is InChI=1S/C10H10N2O/c1-7(13)10-3-2-8(5-11)4-9(10)6-12/h2-4H,6,12H2,1H3. The zero-order valence-corrected chi connectivity index (χ0v) is 7.37. The molecule has 1 rings (SSSR count). The molecule has 0 amide bonds. The first-order valence-electron chi connectivity index (χ1n) is 3.93. The molecule has 66 valence electrons. The fourth-order valence-electron chi connectivity index (χ4n) is 1.18. The number of carbonyl (C=O) groups excluding carboxylic acids is 1. The molecule has 0 aliphatic rings. The first kappa shape index (κ1) is 9.43. The molecule has 0 saturated heterocycles. The molecule has 0 bridgehead atoms. The third-order valence-corrected chi connectivity index (χ3v) is 1.83. The molecule has 3 nitrogen and oxygen atoms in total. The quantitative estimate of drug-likeness (QED) is 0.685. The second kappa shape index (κ2) is 3.83. The van der Waals surface area contributed by atoms with Gasteiger partial charge in [0.25, 0.3) is 0 Å². The fourth-order valence-corrected chi connectivity index (χ4v) is 1.18. The third kappa shape index (κ3) is 1.92. The van der Waals surface area contributed by atoms with Gasteiger partial charge in [0.15, 0.2) is 5.78 Å². The summed E-state index contributed by atoms with van der Waals surface area (Å²) in [5.74, 6) is -0.0232. The van der Waals surface area contributed by atoms with E-state index in [9.17, 15) is 4.79 Å². The Balaban J connectivity index is 3.25. The van der Waals surface area contributed by atoms with Crippen LogP contribution in [0.25, 0.3) is 0 Å². The van der Waals surface area contributed by atoms with Gasteiger partial charge in [0.05, 0.1) is 11.6 Å². The monoisotopic (exact) mass is 174 g/mol. The zero-order valence-electron chi connectivity index (χ0n) is 7.37. The molecule has 0 atom stereocenters. The van der Waals surface area contributed by atoms with E-state index in [4.69, 9.17) is 11.0 Å². The predicted octanol–water partition coefficient (Wildman–Crippen LogP) is 1.22. The van der Waals surface area contributed by atoms with Gasteiger partial charge >= 0.3 is 0 Å². The lowest BCUT2D eigenvalue weighted by Gasteiger charge is -2.03. The smallest absolute Gasteiger partial charge is 0.160 e. The van der Waals surface area contributed by atoms with E-state index in [0.717, 1.165) is 5.56 Å². The lowest BCUT2D eigenvalue weighted by molar-refractivity contribution is 0.101. The summed E-state index contributed by atoms with van der Waals surface area (Å²) in [6, 6.07) is 6.91. The van der Waals surface area contributed by atoms with Crippen LogP contribution in [0.4, 0.5) is 0 Å². The molecule has 0 spiro atoms. The molecule has 13 heavy (non-hydrogen) atoms. The van der Waals surface area contributed by atoms with Gasteiger partial charge in [-0.1, -0.05) is 0 Å². The van der Waals surface area contributed by atoms with Crippen LogP contribution in [-0.2, 0) is 6.54 Å². The van der Waals surface area contributed by atoms with E-state index in [1.807, 2.05) is 6.07 Å². The Hall–Kier alpha value is -1.66. The van der Waals surface area contributed by atoms with Crippen molar-refractivity contribution >= 4 is 5.78 Å². The highest BCUT2D eigenvalue weighted by Gasteiger charge is 2.05. The van der Waals surface area contributed by atoms with Gasteiger partial charge in [0, 0.05) is 12.1 Å². The van der Waals surface area contributed by atoms with Gasteiger partial charge in [-0.3, -0.25) is 4.79 Å². The van der Waals surface area contributed by atoms with Crippen LogP contribution in [0, 0.1) is 11.3 Å². The van der Waals surface area contributed by atoms with E-state index in [-0.39, 0.29) is 12.3 Å². The highest BCUT2D eigenvalue weighted by Crippen LogP contribution is 2.11. The molecule has 0 aliphatic carbocycles. The lowest BCUT2D eigenvalue weighted by atomic mass is 10.0. The number of nitrogens with two attached hydrogens (primary N) is 1. The molecule has 0 radical (unpaired) electrons. The van der Waals surface area contributed by atoms with E-state index >= 15 is 0 Å². The lowest BCUT2D eigenvalue weighted by Crippen LogP contribution is -2.05. The second-order valence-electron chi connectivity index (χ2n) is 2.74. The zero-order chi connectivity index (χ0) is 9.84. The van der Waals surface area contributed by atoms with E-state index in [1.54, 1.807) is 18.2 Å². The number of Topliss-reactive ketones (excluding diaryl/α,β-unsaturated/α-hetero) is 1. The van der Waals surface area contributed by atoms with Crippen molar-refractivity contribution in [2.24, 2.45) is 5.73 Å². The number of carbonyl (C=O) groups is 1. The summed E-state index contributed by atoms with van der Waals surface area (Å²) in [5.41, 5.74) is 7.31. The largest absolute Gasteiger partial charge is 0.326 e. The van der Waals surface area contributed by atoms with Crippen LogP contribution < -0.4 is 5.73 Å². The van der Waals surface area contributed by atoms with Gasteiger partial charge in [-0.15, -0.1) is 0 Å². The van der Waals surface area contributed by atoms with Crippen LogP contribution in [0.15, 0.2) is 18.2 Å². The Morgan fingerprint density at radius 1 is 1.62 bits per heavy atom. The second-order valence-corrected chi connectivity index (χ2v) is 2.74. The van der Waals surface area contributed by atoms with Gasteiger partial charge in [0.2, 0.25) is 0 Å². The van der Waals surface area contributed by atoms with E-state index < -0.39 is 0 Å². The van der Waals surface area contributed by atoms with Crippen molar-refractivity contribution in [2.45, 2.75) is 13.5 Å². The Kier molecular flexibility index (Phi) is 2.78. The van der Waals surface area contributed by atoms with Gasteiger partial charge in [-0.25, -0.2) is 0 Å². The normalized spacial score (nSPS) is 9.31. The summed E-state index contributed by atoms with van der Waals surface area (Å²) < 4.78 is 0.